The highest BCUT2D eigenvalue weighted by molar-refractivity contribution is 6.08. The van der Waals surface area contributed by atoms with Crippen molar-refractivity contribution in [3.8, 4) is 0 Å². The Morgan fingerprint density at radius 3 is 2.20 bits per heavy atom. The Hall–Kier alpha value is 0.177. The first-order chi connectivity index (χ1) is 2.41. The predicted molar refractivity (Wildman–Crippen MR) is 26.4 cm³/mol. The first-order valence-corrected chi connectivity index (χ1v) is 3.44. The van der Waals surface area contributed by atoms with Crippen LogP contribution in [0.15, 0.2) is 0 Å². The van der Waals surface area contributed by atoms with Gasteiger partial charge in [-0.25, -0.2) is 0 Å². The van der Waals surface area contributed by atoms with Gasteiger partial charge in [-0.2, -0.15) is 0 Å². The first-order valence-electron chi connectivity index (χ1n) is 2.02. The second-order valence-corrected chi connectivity index (χ2v) is 2.08. The molecule has 0 aromatic heterocycles. The van der Waals surface area contributed by atoms with E-state index in [1.165, 1.54) is 16.3 Å². The summed E-state index contributed by atoms with van der Waals surface area (Å²) in [6.07, 6.45) is 1.01. The third kappa shape index (κ3) is 4.18. The number of hydrogen-bond acceptors (Lipinski definition) is 1. The molecular formula is C3H10OSi. The molecule has 5 heavy (non-hydrogen) atoms. The van der Waals surface area contributed by atoms with Gasteiger partial charge in [0, 0.05) is 16.8 Å². The molecule has 1 N–H and O–H groups in total. The van der Waals surface area contributed by atoms with E-state index in [9.17, 15) is 0 Å². The molecule has 0 aliphatic heterocycles. The minimum atomic E-state index is 0.378. The molecule has 0 atom stereocenters. The van der Waals surface area contributed by atoms with Gasteiger partial charge in [0.15, 0.2) is 0 Å². The van der Waals surface area contributed by atoms with E-state index in [4.69, 9.17) is 5.11 Å². The van der Waals surface area contributed by atoms with Gasteiger partial charge in [-0.3, -0.25) is 0 Å². The van der Waals surface area contributed by atoms with Crippen LogP contribution in [0.5, 0.6) is 0 Å². The zero-order valence-corrected chi connectivity index (χ0v) is 5.57. The molecule has 2 heteroatoms. The number of rotatable bonds is 2. The van der Waals surface area contributed by atoms with Gasteiger partial charge >= 0.3 is 0 Å². The summed E-state index contributed by atoms with van der Waals surface area (Å²) in [7, 11) is 1.24. The Bertz CT molecular complexity index is 14.4. The van der Waals surface area contributed by atoms with Gasteiger partial charge in [0.25, 0.3) is 0 Å². The van der Waals surface area contributed by atoms with Crippen LogP contribution < -0.4 is 0 Å². The zero-order chi connectivity index (χ0) is 4.12. The lowest BCUT2D eigenvalue weighted by atomic mass is 10.5. The van der Waals surface area contributed by atoms with Crippen molar-refractivity contribution in [2.45, 2.75) is 12.5 Å². The Labute approximate surface area is 35.4 Å². The largest absolute Gasteiger partial charge is 0.396 e. The fourth-order valence-electron chi connectivity index (χ4n) is 0.158. The minimum absolute atomic E-state index is 0.378. The molecule has 0 radical (unpaired) electrons. The second kappa shape index (κ2) is 4.18. The van der Waals surface area contributed by atoms with E-state index >= 15 is 0 Å². The van der Waals surface area contributed by atoms with Crippen molar-refractivity contribution < 1.29 is 5.11 Å². The molecule has 0 rings (SSSR count). The van der Waals surface area contributed by atoms with E-state index in [-0.39, 0.29) is 0 Å². The fourth-order valence-corrected chi connectivity index (χ4v) is 0.474. The van der Waals surface area contributed by atoms with Gasteiger partial charge in [0.2, 0.25) is 0 Å². The molecule has 0 amide bonds. The number of hydrogen-bond donors (Lipinski definition) is 1. The van der Waals surface area contributed by atoms with Crippen LogP contribution in [0.1, 0.15) is 6.42 Å². The quantitative estimate of drug-likeness (QED) is 0.438. The molecule has 0 heterocycles. The summed E-state index contributed by atoms with van der Waals surface area (Å²) in [5.41, 5.74) is 0. The summed E-state index contributed by atoms with van der Waals surface area (Å²) in [4.78, 5) is 0. The van der Waals surface area contributed by atoms with Crippen molar-refractivity contribution in [1.29, 1.82) is 0 Å². The molecule has 0 aliphatic carbocycles. The van der Waals surface area contributed by atoms with E-state index in [0.29, 0.717) is 6.61 Å². The van der Waals surface area contributed by atoms with Crippen LogP contribution in [0, 0.1) is 0 Å². The summed E-state index contributed by atoms with van der Waals surface area (Å²) in [6.45, 7) is 0.378. The molecule has 0 saturated heterocycles. The highest BCUT2D eigenvalue weighted by Crippen LogP contribution is 1.76. The summed E-state index contributed by atoms with van der Waals surface area (Å²) in [5, 5.41) is 8.09. The lowest BCUT2D eigenvalue weighted by Crippen LogP contribution is -1.77. The third-order valence-electron chi connectivity index (χ3n) is 0.512. The van der Waals surface area contributed by atoms with Gasteiger partial charge in [0.05, 0.1) is 0 Å². The highest BCUT2D eigenvalue weighted by atomic mass is 28.1. The lowest BCUT2D eigenvalue weighted by molar-refractivity contribution is 0.295. The molecule has 0 fully saturated rings. The van der Waals surface area contributed by atoms with E-state index in [2.05, 4.69) is 0 Å². The predicted octanol–water partition coefficient (Wildman–Crippen LogP) is -0.847. The Morgan fingerprint density at radius 1 is 1.60 bits per heavy atom. The molecule has 1 nitrogen and oxygen atoms in total. The molecule has 0 aromatic rings. The van der Waals surface area contributed by atoms with Crippen molar-refractivity contribution >= 4 is 10.2 Å². The maximum atomic E-state index is 8.09. The minimum Gasteiger partial charge on any atom is -0.396 e. The van der Waals surface area contributed by atoms with Crippen molar-refractivity contribution in [3.63, 3.8) is 0 Å². The van der Waals surface area contributed by atoms with Gasteiger partial charge in [-0.15, -0.1) is 0 Å². The van der Waals surface area contributed by atoms with E-state index in [1.54, 1.807) is 0 Å². The van der Waals surface area contributed by atoms with Gasteiger partial charge in [-0.05, 0) is 6.42 Å². The smallest absolute Gasteiger partial charge is 0.0428 e. The molecule has 32 valence electrons. The molecule has 0 spiro atoms. The topological polar surface area (TPSA) is 20.2 Å². The van der Waals surface area contributed by atoms with Crippen molar-refractivity contribution in [1.82, 2.24) is 0 Å². The first kappa shape index (κ1) is 5.18. The SMILES string of the molecule is OCCC[SiH3]. The van der Waals surface area contributed by atoms with Crippen LogP contribution >= 0.6 is 0 Å². The van der Waals surface area contributed by atoms with E-state index < -0.39 is 0 Å². The van der Waals surface area contributed by atoms with Crippen molar-refractivity contribution in [3.05, 3.63) is 0 Å². The van der Waals surface area contributed by atoms with Crippen molar-refractivity contribution in [2.75, 3.05) is 6.61 Å². The maximum Gasteiger partial charge on any atom is 0.0428 e. The van der Waals surface area contributed by atoms with Gasteiger partial charge in [-0.1, -0.05) is 6.04 Å². The van der Waals surface area contributed by atoms with Crippen LogP contribution in [0.4, 0.5) is 0 Å². The highest BCUT2D eigenvalue weighted by Gasteiger charge is 1.69. The maximum absolute atomic E-state index is 8.09. The third-order valence-corrected chi connectivity index (χ3v) is 1.22. The van der Waals surface area contributed by atoms with Crippen molar-refractivity contribution in [2.24, 2.45) is 0 Å². The number of aliphatic hydroxyl groups is 1. The fraction of sp³-hybridized carbons (Fsp3) is 1.00. The van der Waals surface area contributed by atoms with E-state index in [0.717, 1.165) is 6.42 Å². The average Bonchev–Trinajstić information content (AvgIpc) is 1.41. The van der Waals surface area contributed by atoms with Crippen LogP contribution in [-0.2, 0) is 0 Å². The van der Waals surface area contributed by atoms with Crippen LogP contribution in [0.3, 0.4) is 0 Å². The second-order valence-electron chi connectivity index (χ2n) is 1.08. The summed E-state index contributed by atoms with van der Waals surface area (Å²) in [6, 6.07) is 1.23. The Balaban J connectivity index is 2.19. The summed E-state index contributed by atoms with van der Waals surface area (Å²) >= 11 is 0. The van der Waals surface area contributed by atoms with Gasteiger partial charge in [0.1, 0.15) is 0 Å². The average molecular weight is 90.2 g/mol. The summed E-state index contributed by atoms with van der Waals surface area (Å²) < 4.78 is 0. The normalized spacial score (nSPS) is 9.00. The monoisotopic (exact) mass is 90.1 g/mol. The lowest BCUT2D eigenvalue weighted by Gasteiger charge is -1.79. The molecule has 0 unspecified atom stereocenters. The van der Waals surface area contributed by atoms with Crippen LogP contribution in [0.2, 0.25) is 6.04 Å². The molecular weight excluding hydrogens is 80.1 g/mol. The Morgan fingerprint density at radius 2 is 2.20 bits per heavy atom. The number of aliphatic hydroxyl groups excluding tert-OH is 1. The standard InChI is InChI=1S/C3H10OSi/c4-2-1-3-5/h4H,1-3H2,5H3. The van der Waals surface area contributed by atoms with Crippen LogP contribution in [-0.4, -0.2) is 22.0 Å². The zero-order valence-electron chi connectivity index (χ0n) is 3.57. The Kier molecular flexibility index (Phi) is 4.32. The van der Waals surface area contributed by atoms with E-state index in [1.807, 2.05) is 0 Å². The molecule has 0 aromatic carbocycles. The molecule has 0 saturated carbocycles. The molecule has 0 aliphatic rings. The van der Waals surface area contributed by atoms with Crippen LogP contribution in [0.25, 0.3) is 0 Å². The summed E-state index contributed by atoms with van der Waals surface area (Å²) in [5.74, 6) is 0. The van der Waals surface area contributed by atoms with Gasteiger partial charge < -0.3 is 5.11 Å². The molecule has 0 bridgehead atoms.